The first kappa shape index (κ1) is 10.6. The molecule has 3 rings (SSSR count). The highest BCUT2D eigenvalue weighted by Gasteiger charge is 2.20. The smallest absolute Gasteiger partial charge is 0.131 e. The number of rotatable bonds is 2. The van der Waals surface area contributed by atoms with Gasteiger partial charge in [-0.2, -0.15) is 0 Å². The molecule has 0 spiro atoms. The first-order chi connectivity index (χ1) is 8.40. The molecule has 1 aliphatic rings. The van der Waals surface area contributed by atoms with Gasteiger partial charge in [0.05, 0.1) is 7.11 Å². The van der Waals surface area contributed by atoms with Crippen LogP contribution in [-0.4, -0.2) is 13.7 Å². The fourth-order valence-electron chi connectivity index (χ4n) is 2.71. The molecule has 0 saturated carbocycles. The molecule has 2 aromatic carbocycles. The molecular formula is C15H17NO. The van der Waals surface area contributed by atoms with Crippen molar-refractivity contribution in [1.82, 2.24) is 5.32 Å². The first-order valence-corrected chi connectivity index (χ1v) is 6.19. The van der Waals surface area contributed by atoms with Gasteiger partial charge in [-0.3, -0.25) is 0 Å². The van der Waals surface area contributed by atoms with Crippen molar-refractivity contribution in [3.63, 3.8) is 0 Å². The molecule has 0 amide bonds. The Labute approximate surface area is 102 Å². The van der Waals surface area contributed by atoms with Gasteiger partial charge >= 0.3 is 0 Å². The van der Waals surface area contributed by atoms with E-state index in [0.717, 1.165) is 12.3 Å². The fraction of sp³-hybridized carbons (Fsp3) is 0.333. The van der Waals surface area contributed by atoms with E-state index in [0.29, 0.717) is 6.04 Å². The summed E-state index contributed by atoms with van der Waals surface area (Å²) in [4.78, 5) is 0. The monoisotopic (exact) mass is 227 g/mol. The van der Waals surface area contributed by atoms with E-state index in [1.165, 1.54) is 29.2 Å². The van der Waals surface area contributed by atoms with Crippen molar-refractivity contribution in [2.75, 3.05) is 13.7 Å². The minimum atomic E-state index is 0.453. The summed E-state index contributed by atoms with van der Waals surface area (Å²) < 4.78 is 5.63. The van der Waals surface area contributed by atoms with E-state index < -0.39 is 0 Å². The lowest BCUT2D eigenvalue weighted by Crippen LogP contribution is -2.13. The average molecular weight is 227 g/mol. The number of hydrogen-bond donors (Lipinski definition) is 1. The van der Waals surface area contributed by atoms with Gasteiger partial charge in [-0.05, 0) is 24.8 Å². The van der Waals surface area contributed by atoms with Gasteiger partial charge in [0, 0.05) is 17.0 Å². The topological polar surface area (TPSA) is 21.3 Å². The van der Waals surface area contributed by atoms with Crippen LogP contribution < -0.4 is 10.1 Å². The summed E-state index contributed by atoms with van der Waals surface area (Å²) in [6, 6.07) is 13.2. The molecule has 0 radical (unpaired) electrons. The van der Waals surface area contributed by atoms with Crippen LogP contribution in [0.3, 0.4) is 0 Å². The lowest BCUT2D eigenvalue weighted by Gasteiger charge is -2.17. The van der Waals surface area contributed by atoms with Crippen LogP contribution in [0.2, 0.25) is 0 Å². The van der Waals surface area contributed by atoms with Crippen molar-refractivity contribution in [2.24, 2.45) is 0 Å². The third-order valence-corrected chi connectivity index (χ3v) is 3.55. The molecule has 1 saturated heterocycles. The second kappa shape index (κ2) is 4.38. The van der Waals surface area contributed by atoms with Gasteiger partial charge in [-0.25, -0.2) is 0 Å². The van der Waals surface area contributed by atoms with Crippen LogP contribution in [0.15, 0.2) is 36.4 Å². The Morgan fingerprint density at radius 3 is 2.82 bits per heavy atom. The number of hydrogen-bond acceptors (Lipinski definition) is 2. The maximum Gasteiger partial charge on any atom is 0.131 e. The van der Waals surface area contributed by atoms with E-state index in [-0.39, 0.29) is 0 Å². The van der Waals surface area contributed by atoms with Gasteiger partial charge in [0.25, 0.3) is 0 Å². The quantitative estimate of drug-likeness (QED) is 0.850. The SMILES string of the molecule is COc1c(C2CCCN2)ccc2ccccc12. The van der Waals surface area contributed by atoms with Crippen LogP contribution in [0.4, 0.5) is 0 Å². The zero-order valence-electron chi connectivity index (χ0n) is 10.1. The molecule has 1 N–H and O–H groups in total. The van der Waals surface area contributed by atoms with Gasteiger partial charge < -0.3 is 10.1 Å². The summed E-state index contributed by atoms with van der Waals surface area (Å²) in [5.74, 6) is 1.03. The number of nitrogens with one attached hydrogen (secondary N) is 1. The standard InChI is InChI=1S/C15H17NO/c1-17-15-12-6-3-2-5-11(12)8-9-13(15)14-7-4-10-16-14/h2-3,5-6,8-9,14,16H,4,7,10H2,1H3. The summed E-state index contributed by atoms with van der Waals surface area (Å²) in [6.45, 7) is 1.11. The Morgan fingerprint density at radius 1 is 1.18 bits per heavy atom. The summed E-state index contributed by atoms with van der Waals surface area (Å²) in [6.07, 6.45) is 2.45. The maximum absolute atomic E-state index is 5.63. The molecule has 0 bridgehead atoms. The van der Waals surface area contributed by atoms with Crippen molar-refractivity contribution in [3.8, 4) is 5.75 Å². The number of benzene rings is 2. The van der Waals surface area contributed by atoms with E-state index >= 15 is 0 Å². The van der Waals surface area contributed by atoms with Gasteiger partial charge in [-0.15, -0.1) is 0 Å². The third-order valence-electron chi connectivity index (χ3n) is 3.55. The number of ether oxygens (including phenoxy) is 1. The Balaban J connectivity index is 2.17. The minimum Gasteiger partial charge on any atom is -0.496 e. The van der Waals surface area contributed by atoms with Crippen LogP contribution >= 0.6 is 0 Å². The molecule has 2 nitrogen and oxygen atoms in total. The number of methoxy groups -OCH3 is 1. The molecule has 1 heterocycles. The summed E-state index contributed by atoms with van der Waals surface area (Å²) in [5.41, 5.74) is 1.30. The Kier molecular flexibility index (Phi) is 2.73. The summed E-state index contributed by atoms with van der Waals surface area (Å²) in [7, 11) is 1.76. The number of fused-ring (bicyclic) bond motifs is 1. The molecule has 1 unspecified atom stereocenters. The molecule has 1 aliphatic heterocycles. The first-order valence-electron chi connectivity index (χ1n) is 6.19. The molecule has 0 aliphatic carbocycles. The lowest BCUT2D eigenvalue weighted by molar-refractivity contribution is 0.408. The van der Waals surface area contributed by atoms with E-state index in [2.05, 4.69) is 41.7 Å². The molecule has 88 valence electrons. The second-order valence-electron chi connectivity index (χ2n) is 4.56. The van der Waals surface area contributed by atoms with Crippen LogP contribution in [0.5, 0.6) is 5.75 Å². The Hall–Kier alpha value is -1.54. The van der Waals surface area contributed by atoms with Crippen molar-refractivity contribution in [1.29, 1.82) is 0 Å². The normalized spacial score (nSPS) is 19.7. The maximum atomic E-state index is 5.63. The molecule has 2 aromatic rings. The summed E-state index contributed by atoms with van der Waals surface area (Å²) in [5, 5.41) is 5.98. The zero-order valence-corrected chi connectivity index (χ0v) is 10.1. The predicted octanol–water partition coefficient (Wildman–Crippen LogP) is 3.27. The highest BCUT2D eigenvalue weighted by atomic mass is 16.5. The van der Waals surface area contributed by atoms with Gasteiger partial charge in [0.1, 0.15) is 5.75 Å². The average Bonchev–Trinajstić information content (AvgIpc) is 2.91. The fourth-order valence-corrected chi connectivity index (χ4v) is 2.71. The van der Waals surface area contributed by atoms with Crippen molar-refractivity contribution in [3.05, 3.63) is 42.0 Å². The zero-order chi connectivity index (χ0) is 11.7. The van der Waals surface area contributed by atoms with Crippen LogP contribution in [0.1, 0.15) is 24.4 Å². The Bertz CT molecular complexity index is 529. The van der Waals surface area contributed by atoms with Gasteiger partial charge in [-0.1, -0.05) is 36.4 Å². The van der Waals surface area contributed by atoms with E-state index in [4.69, 9.17) is 4.74 Å². The van der Waals surface area contributed by atoms with Crippen molar-refractivity contribution < 1.29 is 4.74 Å². The molecular weight excluding hydrogens is 210 g/mol. The molecule has 1 fully saturated rings. The molecule has 2 heteroatoms. The summed E-state index contributed by atoms with van der Waals surface area (Å²) >= 11 is 0. The van der Waals surface area contributed by atoms with Crippen LogP contribution in [0.25, 0.3) is 10.8 Å². The lowest BCUT2D eigenvalue weighted by atomic mass is 9.99. The largest absolute Gasteiger partial charge is 0.496 e. The predicted molar refractivity (Wildman–Crippen MR) is 70.5 cm³/mol. The molecule has 17 heavy (non-hydrogen) atoms. The van der Waals surface area contributed by atoms with Crippen molar-refractivity contribution >= 4 is 10.8 Å². The van der Waals surface area contributed by atoms with E-state index in [1.54, 1.807) is 7.11 Å². The molecule has 0 aromatic heterocycles. The minimum absolute atomic E-state index is 0.453. The Morgan fingerprint density at radius 2 is 2.06 bits per heavy atom. The highest BCUT2D eigenvalue weighted by Crippen LogP contribution is 2.36. The van der Waals surface area contributed by atoms with Crippen molar-refractivity contribution in [2.45, 2.75) is 18.9 Å². The van der Waals surface area contributed by atoms with E-state index in [1.807, 2.05) is 0 Å². The highest BCUT2D eigenvalue weighted by molar-refractivity contribution is 5.89. The van der Waals surface area contributed by atoms with Gasteiger partial charge in [0.2, 0.25) is 0 Å². The van der Waals surface area contributed by atoms with Crippen LogP contribution in [0, 0.1) is 0 Å². The third kappa shape index (κ3) is 1.79. The van der Waals surface area contributed by atoms with Crippen LogP contribution in [-0.2, 0) is 0 Å². The second-order valence-corrected chi connectivity index (χ2v) is 4.56. The molecule has 1 atom stereocenters. The van der Waals surface area contributed by atoms with E-state index in [9.17, 15) is 0 Å². The van der Waals surface area contributed by atoms with Gasteiger partial charge in [0.15, 0.2) is 0 Å².